The molecule has 0 aliphatic heterocycles. The van der Waals surface area contributed by atoms with Crippen LogP contribution in [-0.2, 0) is 0 Å². The summed E-state index contributed by atoms with van der Waals surface area (Å²) in [6.45, 7) is 0. The Morgan fingerprint density at radius 2 is 2.57 bits per heavy atom. The summed E-state index contributed by atoms with van der Waals surface area (Å²) in [5.41, 5.74) is 0. The van der Waals surface area contributed by atoms with E-state index in [1.54, 1.807) is 0 Å². The Hall–Kier alpha value is -0.510. The predicted molar refractivity (Wildman–Crippen MR) is 26.4 cm³/mol. The normalized spacial score (nSPS) is 8.71. The first kappa shape index (κ1) is 4.64. The Labute approximate surface area is 48.9 Å². The second kappa shape index (κ2) is 1.97. The van der Waals surface area contributed by atoms with Crippen LogP contribution < -0.4 is 0 Å². The number of hydrogen-bond acceptors (Lipinski definition) is 3. The summed E-state index contributed by atoms with van der Waals surface area (Å²) in [7, 11) is 0. The third kappa shape index (κ3) is 1.19. The van der Waals surface area contributed by atoms with Crippen molar-refractivity contribution < 1.29 is 0 Å². The highest BCUT2D eigenvalue weighted by atomic mass is 79.9. The van der Waals surface area contributed by atoms with Crippen LogP contribution in [0.5, 0.6) is 0 Å². The molecule has 0 aliphatic rings. The SMILES string of the molecule is Brc1cnn[c]n1. The van der Waals surface area contributed by atoms with Crippen molar-refractivity contribution in [3.05, 3.63) is 17.1 Å². The average molecular weight is 159 g/mol. The van der Waals surface area contributed by atoms with Crippen LogP contribution in [0.4, 0.5) is 0 Å². The van der Waals surface area contributed by atoms with Crippen molar-refractivity contribution in [1.29, 1.82) is 0 Å². The van der Waals surface area contributed by atoms with Crippen LogP contribution >= 0.6 is 15.9 Å². The topological polar surface area (TPSA) is 38.7 Å². The Balaban J connectivity index is 3.02. The van der Waals surface area contributed by atoms with Gasteiger partial charge in [-0.3, -0.25) is 0 Å². The lowest BCUT2D eigenvalue weighted by Crippen LogP contribution is -1.80. The highest BCUT2D eigenvalue weighted by Gasteiger charge is 1.79. The minimum atomic E-state index is 0.655. The maximum atomic E-state index is 3.60. The molecule has 0 spiro atoms. The van der Waals surface area contributed by atoms with Gasteiger partial charge in [-0.2, -0.15) is 5.10 Å². The Kier molecular flexibility index (Phi) is 1.31. The molecule has 1 aromatic rings. The van der Waals surface area contributed by atoms with E-state index in [9.17, 15) is 0 Å². The summed E-state index contributed by atoms with van der Waals surface area (Å²) in [4.78, 5) is 3.60. The summed E-state index contributed by atoms with van der Waals surface area (Å²) in [5, 5.41) is 6.80. The van der Waals surface area contributed by atoms with Crippen molar-refractivity contribution in [1.82, 2.24) is 15.2 Å². The van der Waals surface area contributed by atoms with E-state index in [0.29, 0.717) is 4.60 Å². The molecular weight excluding hydrogens is 158 g/mol. The summed E-state index contributed by atoms with van der Waals surface area (Å²) in [6, 6.07) is 0. The van der Waals surface area contributed by atoms with Gasteiger partial charge in [0.2, 0.25) is 6.33 Å². The monoisotopic (exact) mass is 158 g/mol. The molecule has 0 unspecified atom stereocenters. The molecule has 4 heteroatoms. The van der Waals surface area contributed by atoms with E-state index in [-0.39, 0.29) is 0 Å². The number of aromatic nitrogens is 3. The number of halogens is 1. The molecular formula is C3HBrN3. The second-order valence-electron chi connectivity index (χ2n) is 0.879. The van der Waals surface area contributed by atoms with Crippen molar-refractivity contribution in [3.8, 4) is 0 Å². The van der Waals surface area contributed by atoms with Crippen LogP contribution in [0.2, 0.25) is 0 Å². The first-order valence-corrected chi connectivity index (χ1v) is 2.40. The zero-order valence-electron chi connectivity index (χ0n) is 3.30. The van der Waals surface area contributed by atoms with Gasteiger partial charge in [-0.05, 0) is 15.9 Å². The number of hydrogen-bond donors (Lipinski definition) is 0. The first-order valence-electron chi connectivity index (χ1n) is 1.61. The largest absolute Gasteiger partial charge is 0.222 e. The van der Waals surface area contributed by atoms with Crippen molar-refractivity contribution >= 4 is 15.9 Å². The highest BCUT2D eigenvalue weighted by Crippen LogP contribution is 1.96. The smallest absolute Gasteiger partial charge is 0.215 e. The van der Waals surface area contributed by atoms with E-state index in [0.717, 1.165) is 0 Å². The lowest BCUT2D eigenvalue weighted by molar-refractivity contribution is 0.942. The standard InChI is InChI=1S/C3HBrN3/c4-3-1-6-7-2-5-3/h1H. The predicted octanol–water partition coefficient (Wildman–Crippen LogP) is 0.434. The summed E-state index contributed by atoms with van der Waals surface area (Å²) in [6.07, 6.45) is 3.80. The van der Waals surface area contributed by atoms with Crippen LogP contribution in [0, 0.1) is 6.33 Å². The van der Waals surface area contributed by atoms with Gasteiger partial charge in [0.1, 0.15) is 4.60 Å². The quantitative estimate of drug-likeness (QED) is 0.551. The van der Waals surface area contributed by atoms with Gasteiger partial charge in [0.25, 0.3) is 0 Å². The van der Waals surface area contributed by atoms with Crippen LogP contribution in [-0.4, -0.2) is 15.2 Å². The molecule has 3 nitrogen and oxygen atoms in total. The van der Waals surface area contributed by atoms with E-state index in [1.165, 1.54) is 6.20 Å². The van der Waals surface area contributed by atoms with Gasteiger partial charge in [-0.25, -0.2) is 4.98 Å². The summed E-state index contributed by atoms with van der Waals surface area (Å²) in [5.74, 6) is 0. The van der Waals surface area contributed by atoms with Crippen LogP contribution in [0.25, 0.3) is 0 Å². The lowest BCUT2D eigenvalue weighted by atomic mass is 10.9. The van der Waals surface area contributed by atoms with Crippen LogP contribution in [0.1, 0.15) is 0 Å². The molecule has 1 rings (SSSR count). The number of rotatable bonds is 0. The molecule has 0 N–H and O–H groups in total. The van der Waals surface area contributed by atoms with Crippen molar-refractivity contribution in [2.75, 3.05) is 0 Å². The van der Waals surface area contributed by atoms with Gasteiger partial charge < -0.3 is 0 Å². The molecule has 1 heterocycles. The fourth-order valence-electron chi connectivity index (χ4n) is 0.201. The molecule has 0 saturated carbocycles. The molecule has 0 amide bonds. The molecule has 35 valence electrons. The zero-order valence-corrected chi connectivity index (χ0v) is 4.88. The second-order valence-corrected chi connectivity index (χ2v) is 1.69. The Bertz CT molecular complexity index is 140. The van der Waals surface area contributed by atoms with E-state index >= 15 is 0 Å². The molecule has 0 bridgehead atoms. The fraction of sp³-hybridized carbons (Fsp3) is 0. The Morgan fingerprint density at radius 3 is 2.86 bits per heavy atom. The third-order valence-corrected chi connectivity index (χ3v) is 0.806. The number of nitrogens with zero attached hydrogens (tertiary/aromatic N) is 3. The molecule has 1 aromatic heterocycles. The molecule has 0 aromatic carbocycles. The van der Waals surface area contributed by atoms with Crippen molar-refractivity contribution in [2.24, 2.45) is 0 Å². The van der Waals surface area contributed by atoms with Gasteiger partial charge in [-0.1, -0.05) is 0 Å². The first-order chi connectivity index (χ1) is 3.39. The van der Waals surface area contributed by atoms with Crippen LogP contribution in [0.3, 0.4) is 0 Å². The van der Waals surface area contributed by atoms with Gasteiger partial charge in [-0.15, -0.1) is 5.10 Å². The maximum Gasteiger partial charge on any atom is 0.222 e. The molecule has 7 heavy (non-hydrogen) atoms. The third-order valence-electron chi connectivity index (χ3n) is 0.424. The van der Waals surface area contributed by atoms with E-state index < -0.39 is 0 Å². The summed E-state index contributed by atoms with van der Waals surface area (Å²) < 4.78 is 0.655. The lowest BCUT2D eigenvalue weighted by Gasteiger charge is -1.77. The van der Waals surface area contributed by atoms with Gasteiger partial charge in [0, 0.05) is 0 Å². The van der Waals surface area contributed by atoms with E-state index in [4.69, 9.17) is 0 Å². The molecule has 0 fully saturated rings. The van der Waals surface area contributed by atoms with Crippen LogP contribution in [0.15, 0.2) is 10.8 Å². The molecule has 1 radical (unpaired) electrons. The zero-order chi connectivity index (χ0) is 5.11. The maximum absolute atomic E-state index is 3.60. The molecule has 0 atom stereocenters. The van der Waals surface area contributed by atoms with Gasteiger partial charge in [0.15, 0.2) is 0 Å². The minimum absolute atomic E-state index is 0.655. The van der Waals surface area contributed by atoms with Crippen molar-refractivity contribution in [2.45, 2.75) is 0 Å². The highest BCUT2D eigenvalue weighted by molar-refractivity contribution is 9.10. The van der Waals surface area contributed by atoms with Gasteiger partial charge in [0.05, 0.1) is 6.20 Å². The Morgan fingerprint density at radius 1 is 1.71 bits per heavy atom. The van der Waals surface area contributed by atoms with E-state index in [2.05, 4.69) is 37.4 Å². The fourth-order valence-corrected chi connectivity index (χ4v) is 0.372. The van der Waals surface area contributed by atoms with Crippen molar-refractivity contribution in [3.63, 3.8) is 0 Å². The van der Waals surface area contributed by atoms with E-state index in [1.807, 2.05) is 0 Å². The molecule has 0 aliphatic carbocycles. The average Bonchev–Trinajstić information content (AvgIpc) is 1.69. The molecule has 0 saturated heterocycles. The summed E-state index contributed by atoms with van der Waals surface area (Å²) >= 11 is 3.07. The van der Waals surface area contributed by atoms with Gasteiger partial charge >= 0.3 is 0 Å². The minimum Gasteiger partial charge on any atom is -0.215 e.